The van der Waals surface area contributed by atoms with Crippen molar-refractivity contribution < 1.29 is 31.4 Å². The number of rotatable bonds is 3. The second-order valence-corrected chi connectivity index (χ2v) is 2.51. The Hall–Kier alpha value is -1.79. The minimum Gasteiger partial charge on any atom is -0.427 e. The minimum absolute atomic E-state index is 0.152. The highest BCUT2D eigenvalue weighted by Crippen LogP contribution is 2.25. The molecular formula is C9H5F5O2. The molecule has 1 aromatic rings. The summed E-state index contributed by atoms with van der Waals surface area (Å²) in [4.78, 5) is 0. The van der Waals surface area contributed by atoms with E-state index in [1.165, 1.54) is 24.3 Å². The van der Waals surface area contributed by atoms with Crippen LogP contribution < -0.4 is 4.74 Å². The van der Waals surface area contributed by atoms with Crippen LogP contribution in [-0.4, -0.2) is 6.36 Å². The van der Waals surface area contributed by atoms with Crippen LogP contribution >= 0.6 is 0 Å². The van der Waals surface area contributed by atoms with Gasteiger partial charge in [0, 0.05) is 0 Å². The van der Waals surface area contributed by atoms with E-state index in [-0.39, 0.29) is 5.75 Å². The van der Waals surface area contributed by atoms with Gasteiger partial charge in [-0.25, -0.2) is 0 Å². The molecule has 0 radical (unpaired) electrons. The van der Waals surface area contributed by atoms with Gasteiger partial charge < -0.3 is 9.47 Å². The monoisotopic (exact) mass is 240 g/mol. The fraction of sp³-hybridized carbons (Fsp3) is 0.111. The smallest absolute Gasteiger partial charge is 0.427 e. The van der Waals surface area contributed by atoms with Gasteiger partial charge in [0.2, 0.25) is 0 Å². The lowest BCUT2D eigenvalue weighted by atomic mass is 10.3. The number of benzene rings is 1. The zero-order chi connectivity index (χ0) is 12.2. The van der Waals surface area contributed by atoms with E-state index >= 15 is 0 Å². The van der Waals surface area contributed by atoms with Crippen molar-refractivity contribution in [3.05, 3.63) is 42.4 Å². The summed E-state index contributed by atoms with van der Waals surface area (Å²) in [7, 11) is 0. The summed E-state index contributed by atoms with van der Waals surface area (Å²) in [5, 5.41) is 0. The van der Waals surface area contributed by atoms with Crippen LogP contribution in [0.2, 0.25) is 0 Å². The molecule has 0 fully saturated rings. The van der Waals surface area contributed by atoms with Gasteiger partial charge in [0.05, 0.1) is 0 Å². The molecule has 7 heteroatoms. The van der Waals surface area contributed by atoms with E-state index in [1.807, 2.05) is 0 Å². The average molecular weight is 240 g/mol. The van der Waals surface area contributed by atoms with Crippen LogP contribution in [0, 0.1) is 0 Å². The molecule has 0 spiro atoms. The minimum atomic E-state index is -5.30. The zero-order valence-electron chi connectivity index (χ0n) is 7.59. The number of halogens is 5. The Morgan fingerprint density at radius 3 is 2.00 bits per heavy atom. The third-order valence-electron chi connectivity index (χ3n) is 1.31. The highest BCUT2D eigenvalue weighted by molar-refractivity contribution is 5.22. The summed E-state index contributed by atoms with van der Waals surface area (Å²) < 4.78 is 66.4. The Morgan fingerprint density at radius 2 is 1.50 bits per heavy atom. The number of alkyl halides is 3. The molecule has 0 saturated heterocycles. The lowest BCUT2D eigenvalue weighted by molar-refractivity contribution is -0.316. The van der Waals surface area contributed by atoms with Crippen molar-refractivity contribution in [2.45, 2.75) is 6.36 Å². The van der Waals surface area contributed by atoms with E-state index in [0.29, 0.717) is 0 Å². The first-order valence-electron chi connectivity index (χ1n) is 3.92. The van der Waals surface area contributed by atoms with Crippen LogP contribution in [0.4, 0.5) is 22.0 Å². The third-order valence-corrected chi connectivity index (χ3v) is 1.31. The first-order chi connectivity index (χ1) is 7.38. The number of para-hydroxylation sites is 1. The summed E-state index contributed by atoms with van der Waals surface area (Å²) in [6, 6.07) is 2.34. The molecule has 0 atom stereocenters. The van der Waals surface area contributed by atoms with Crippen LogP contribution in [0.15, 0.2) is 42.4 Å². The zero-order valence-corrected chi connectivity index (χ0v) is 7.59. The van der Waals surface area contributed by atoms with Gasteiger partial charge in [-0.2, -0.15) is 8.78 Å². The Balaban J connectivity index is 2.70. The number of ether oxygens (including phenoxy) is 2. The van der Waals surface area contributed by atoms with Crippen LogP contribution in [0.5, 0.6) is 5.75 Å². The van der Waals surface area contributed by atoms with Gasteiger partial charge in [-0.15, -0.1) is 13.2 Å². The third kappa shape index (κ3) is 4.16. The van der Waals surface area contributed by atoms with E-state index in [2.05, 4.69) is 9.47 Å². The van der Waals surface area contributed by atoms with Gasteiger partial charge in [0.1, 0.15) is 5.75 Å². The quantitative estimate of drug-likeness (QED) is 0.592. The predicted octanol–water partition coefficient (Wildman–Crippen LogP) is 3.67. The summed E-state index contributed by atoms with van der Waals surface area (Å²) in [5.74, 6) is -0.152. The Labute approximate surface area is 86.9 Å². The lowest BCUT2D eigenvalue weighted by Crippen LogP contribution is -2.12. The van der Waals surface area contributed by atoms with Crippen molar-refractivity contribution in [3.8, 4) is 5.75 Å². The van der Waals surface area contributed by atoms with Gasteiger partial charge >= 0.3 is 18.4 Å². The maximum absolute atomic E-state index is 12.7. The SMILES string of the molecule is F/C(Oc1ccccc1)=C(/F)OC(F)(F)F. The standard InChI is InChI=1S/C9H5F5O2/c10-7(8(11)16-9(12,13)14)15-6-4-2-1-3-5-6/h1-5H/b8-7+. The predicted molar refractivity (Wildman–Crippen MR) is 43.5 cm³/mol. The molecule has 0 amide bonds. The maximum atomic E-state index is 12.7. The van der Waals surface area contributed by atoms with Crippen molar-refractivity contribution in [2.24, 2.45) is 0 Å². The Kier molecular flexibility index (Phi) is 3.70. The summed E-state index contributed by atoms with van der Waals surface area (Å²) >= 11 is 0. The van der Waals surface area contributed by atoms with Crippen LogP contribution in [0.1, 0.15) is 0 Å². The fourth-order valence-electron chi connectivity index (χ4n) is 0.774. The van der Waals surface area contributed by atoms with Crippen molar-refractivity contribution >= 4 is 0 Å². The molecule has 1 aromatic carbocycles. The Bertz CT molecular complexity index is 371. The van der Waals surface area contributed by atoms with E-state index in [0.717, 1.165) is 0 Å². The normalized spacial score (nSPS) is 13.1. The highest BCUT2D eigenvalue weighted by Gasteiger charge is 2.34. The van der Waals surface area contributed by atoms with Crippen LogP contribution in [0.3, 0.4) is 0 Å². The highest BCUT2D eigenvalue weighted by atomic mass is 19.4. The molecule has 0 N–H and O–H groups in total. The van der Waals surface area contributed by atoms with E-state index in [1.54, 1.807) is 6.07 Å². The van der Waals surface area contributed by atoms with Crippen LogP contribution in [0.25, 0.3) is 0 Å². The van der Waals surface area contributed by atoms with Gasteiger partial charge in [0.15, 0.2) is 0 Å². The van der Waals surface area contributed by atoms with Gasteiger partial charge in [-0.05, 0) is 12.1 Å². The second kappa shape index (κ2) is 4.82. The molecule has 2 nitrogen and oxygen atoms in total. The molecule has 0 heterocycles. The molecule has 0 saturated carbocycles. The number of hydrogen-bond donors (Lipinski definition) is 0. The Morgan fingerprint density at radius 1 is 0.938 bits per heavy atom. The van der Waals surface area contributed by atoms with Gasteiger partial charge in [-0.1, -0.05) is 18.2 Å². The summed E-state index contributed by atoms with van der Waals surface area (Å²) in [6.07, 6.45) is -5.30. The molecule has 1 rings (SSSR count). The topological polar surface area (TPSA) is 18.5 Å². The maximum Gasteiger partial charge on any atom is 0.574 e. The first kappa shape index (κ1) is 12.3. The van der Waals surface area contributed by atoms with E-state index in [9.17, 15) is 22.0 Å². The second-order valence-electron chi connectivity index (χ2n) is 2.51. The molecule has 0 aliphatic carbocycles. The molecule has 0 unspecified atom stereocenters. The van der Waals surface area contributed by atoms with E-state index in [4.69, 9.17) is 0 Å². The van der Waals surface area contributed by atoms with Crippen molar-refractivity contribution in [1.29, 1.82) is 0 Å². The van der Waals surface area contributed by atoms with Crippen LogP contribution in [-0.2, 0) is 4.74 Å². The average Bonchev–Trinajstić information content (AvgIpc) is 2.16. The molecule has 16 heavy (non-hydrogen) atoms. The number of hydrogen-bond acceptors (Lipinski definition) is 2. The van der Waals surface area contributed by atoms with E-state index < -0.39 is 18.4 Å². The largest absolute Gasteiger partial charge is 0.574 e. The molecule has 0 aromatic heterocycles. The molecular weight excluding hydrogens is 235 g/mol. The van der Waals surface area contributed by atoms with Gasteiger partial charge in [-0.3, -0.25) is 0 Å². The lowest BCUT2D eigenvalue weighted by Gasteiger charge is -2.07. The molecule has 0 bridgehead atoms. The first-order valence-corrected chi connectivity index (χ1v) is 3.92. The van der Waals surface area contributed by atoms with Crippen molar-refractivity contribution in [2.75, 3.05) is 0 Å². The molecule has 0 aliphatic rings. The summed E-state index contributed by atoms with van der Waals surface area (Å²) in [6.45, 7) is 0. The summed E-state index contributed by atoms with van der Waals surface area (Å²) in [5.41, 5.74) is 0. The fourth-order valence-corrected chi connectivity index (χ4v) is 0.774. The molecule has 88 valence electrons. The molecule has 0 aliphatic heterocycles. The van der Waals surface area contributed by atoms with Gasteiger partial charge in [0.25, 0.3) is 0 Å². The van der Waals surface area contributed by atoms with Crippen molar-refractivity contribution in [1.82, 2.24) is 0 Å². The van der Waals surface area contributed by atoms with Crippen molar-refractivity contribution in [3.63, 3.8) is 0 Å².